The molecule has 7 heteroatoms. The van der Waals surface area contributed by atoms with Crippen molar-refractivity contribution in [2.24, 2.45) is 0 Å². The van der Waals surface area contributed by atoms with Crippen molar-refractivity contribution in [1.82, 2.24) is 15.5 Å². The molecule has 1 heterocycles. The number of nitrogens with zero attached hydrogens (tertiary/aromatic N) is 1. The number of amides is 2. The average Bonchev–Trinajstić information content (AvgIpc) is 2.63. The van der Waals surface area contributed by atoms with Crippen LogP contribution in [0.3, 0.4) is 0 Å². The average molecular weight is 365 g/mol. The lowest BCUT2D eigenvalue weighted by atomic mass is 10.1. The highest BCUT2D eigenvalue weighted by Gasteiger charge is 2.28. The number of nitrogens with one attached hydrogen (secondary N) is 2. The number of carbonyl (C=O) groups is 2. The van der Waals surface area contributed by atoms with E-state index >= 15 is 0 Å². The van der Waals surface area contributed by atoms with Crippen molar-refractivity contribution in [2.45, 2.75) is 25.4 Å². The number of carbonyl (C=O) groups excluding carboxylic acids is 2. The Balaban J connectivity index is 1.89. The third-order valence-corrected chi connectivity index (χ3v) is 4.68. The predicted molar refractivity (Wildman–Crippen MR) is 101 cm³/mol. The lowest BCUT2D eigenvalue weighted by molar-refractivity contribution is -0.137. The molecule has 0 radical (unpaired) electrons. The second-order valence-corrected chi connectivity index (χ2v) is 7.13. The van der Waals surface area contributed by atoms with E-state index in [-0.39, 0.29) is 24.5 Å². The van der Waals surface area contributed by atoms with E-state index in [0.717, 1.165) is 12.3 Å². The Morgan fingerprint density at radius 2 is 2.16 bits per heavy atom. The Bertz CT molecular complexity index is 556. The maximum Gasteiger partial charge on any atom is 0.258 e. The van der Waals surface area contributed by atoms with Gasteiger partial charge in [0, 0.05) is 25.7 Å². The fourth-order valence-electron chi connectivity index (χ4n) is 2.75. The summed E-state index contributed by atoms with van der Waals surface area (Å²) in [5, 5.41) is 6.17. The number of hydrogen-bond acceptors (Lipinski definition) is 5. The van der Waals surface area contributed by atoms with Crippen molar-refractivity contribution >= 4 is 23.6 Å². The van der Waals surface area contributed by atoms with Crippen molar-refractivity contribution in [3.63, 3.8) is 0 Å². The summed E-state index contributed by atoms with van der Waals surface area (Å²) in [5.74, 6) is 1.18. The quantitative estimate of drug-likeness (QED) is 0.723. The molecule has 2 N–H and O–H groups in total. The molecule has 0 saturated carbocycles. The van der Waals surface area contributed by atoms with Crippen LogP contribution in [0.25, 0.3) is 0 Å². The van der Waals surface area contributed by atoms with Gasteiger partial charge in [-0.15, -0.1) is 0 Å². The van der Waals surface area contributed by atoms with E-state index in [0.29, 0.717) is 25.3 Å². The van der Waals surface area contributed by atoms with Crippen molar-refractivity contribution in [3.8, 4) is 5.75 Å². The molecule has 0 aliphatic carbocycles. The van der Waals surface area contributed by atoms with Gasteiger partial charge in [-0.1, -0.05) is 18.2 Å². The van der Waals surface area contributed by atoms with Gasteiger partial charge in [0.2, 0.25) is 5.91 Å². The maximum atomic E-state index is 12.8. The highest BCUT2D eigenvalue weighted by atomic mass is 32.2. The van der Waals surface area contributed by atoms with Gasteiger partial charge in [-0.25, -0.2) is 0 Å². The summed E-state index contributed by atoms with van der Waals surface area (Å²) in [6.45, 7) is 4.10. The summed E-state index contributed by atoms with van der Waals surface area (Å²) in [7, 11) is 0. The summed E-state index contributed by atoms with van der Waals surface area (Å²) in [6, 6.07) is 8.96. The van der Waals surface area contributed by atoms with Gasteiger partial charge in [-0.2, -0.15) is 11.8 Å². The van der Waals surface area contributed by atoms with Crippen LogP contribution >= 0.6 is 11.8 Å². The molecule has 1 saturated heterocycles. The van der Waals surface area contributed by atoms with Crippen LogP contribution in [-0.2, 0) is 9.59 Å². The predicted octanol–water partition coefficient (Wildman–Crippen LogP) is 1.12. The summed E-state index contributed by atoms with van der Waals surface area (Å²) < 4.78 is 5.46. The number of hydrogen-bond donors (Lipinski definition) is 2. The van der Waals surface area contributed by atoms with E-state index in [2.05, 4.69) is 17.6 Å². The Kier molecular flexibility index (Phi) is 8.08. The molecule has 0 spiro atoms. The topological polar surface area (TPSA) is 70.7 Å². The van der Waals surface area contributed by atoms with Crippen molar-refractivity contribution < 1.29 is 14.3 Å². The zero-order chi connectivity index (χ0) is 18.1. The van der Waals surface area contributed by atoms with Gasteiger partial charge in [0.1, 0.15) is 11.8 Å². The summed E-state index contributed by atoms with van der Waals surface area (Å²) in [5.41, 5.74) is 0. The minimum absolute atomic E-state index is 0.00420. The highest BCUT2D eigenvalue weighted by Crippen LogP contribution is 2.09. The standard InChI is InChI=1S/C18H27N3O3S/c1-14-12-21(10-9-19-14)18(23)16(8-11-25-2)20-17(22)13-24-15-6-4-3-5-7-15/h3-7,14,16,19H,8-13H2,1-2H3,(H,20,22). The number of thioether (sulfide) groups is 1. The summed E-state index contributed by atoms with van der Waals surface area (Å²) in [4.78, 5) is 26.8. The molecule has 25 heavy (non-hydrogen) atoms. The van der Waals surface area contributed by atoms with E-state index in [1.165, 1.54) is 0 Å². The van der Waals surface area contributed by atoms with Crippen LogP contribution in [0.1, 0.15) is 13.3 Å². The zero-order valence-corrected chi connectivity index (χ0v) is 15.7. The monoisotopic (exact) mass is 365 g/mol. The van der Waals surface area contributed by atoms with Gasteiger partial charge in [0.15, 0.2) is 6.61 Å². The van der Waals surface area contributed by atoms with E-state index in [4.69, 9.17) is 4.74 Å². The first-order valence-electron chi connectivity index (χ1n) is 8.58. The van der Waals surface area contributed by atoms with E-state index in [1.807, 2.05) is 29.4 Å². The first-order valence-corrected chi connectivity index (χ1v) is 9.98. The van der Waals surface area contributed by atoms with Gasteiger partial charge in [0.05, 0.1) is 0 Å². The second kappa shape index (κ2) is 10.3. The zero-order valence-electron chi connectivity index (χ0n) is 14.9. The normalized spacial score (nSPS) is 18.5. The van der Waals surface area contributed by atoms with Gasteiger partial charge in [-0.05, 0) is 37.5 Å². The third-order valence-electron chi connectivity index (χ3n) is 4.04. The SMILES string of the molecule is CSCCC(NC(=O)COc1ccccc1)C(=O)N1CCNC(C)C1. The van der Waals surface area contributed by atoms with Crippen LogP contribution in [0.5, 0.6) is 5.75 Å². The van der Waals surface area contributed by atoms with Gasteiger partial charge in [0.25, 0.3) is 5.91 Å². The lowest BCUT2D eigenvalue weighted by Crippen LogP contribution is -2.57. The summed E-state index contributed by atoms with van der Waals surface area (Å²) in [6.07, 6.45) is 2.62. The maximum absolute atomic E-state index is 12.8. The molecule has 6 nitrogen and oxygen atoms in total. The molecule has 1 aliphatic rings. The number of piperazine rings is 1. The first-order chi connectivity index (χ1) is 12.1. The minimum atomic E-state index is -0.496. The molecule has 1 aromatic rings. The Morgan fingerprint density at radius 1 is 1.40 bits per heavy atom. The van der Waals surface area contributed by atoms with E-state index < -0.39 is 6.04 Å². The molecular formula is C18H27N3O3S. The highest BCUT2D eigenvalue weighted by molar-refractivity contribution is 7.98. The van der Waals surface area contributed by atoms with Crippen molar-refractivity contribution in [2.75, 3.05) is 38.2 Å². The van der Waals surface area contributed by atoms with Crippen LogP contribution in [-0.4, -0.2) is 67.0 Å². The molecule has 0 bridgehead atoms. The largest absolute Gasteiger partial charge is 0.484 e. The van der Waals surface area contributed by atoms with Crippen LogP contribution in [0.4, 0.5) is 0 Å². The Labute approximate surface area is 153 Å². The molecule has 2 rings (SSSR count). The van der Waals surface area contributed by atoms with E-state index in [1.54, 1.807) is 23.9 Å². The molecule has 1 aromatic carbocycles. The Hall–Kier alpha value is -1.73. The number of para-hydroxylation sites is 1. The van der Waals surface area contributed by atoms with Gasteiger partial charge in [-0.3, -0.25) is 9.59 Å². The van der Waals surface area contributed by atoms with Crippen LogP contribution in [0, 0.1) is 0 Å². The van der Waals surface area contributed by atoms with Crippen LogP contribution in [0.15, 0.2) is 30.3 Å². The number of rotatable bonds is 8. The Morgan fingerprint density at radius 3 is 2.84 bits per heavy atom. The van der Waals surface area contributed by atoms with Crippen molar-refractivity contribution in [1.29, 1.82) is 0 Å². The van der Waals surface area contributed by atoms with Crippen LogP contribution < -0.4 is 15.4 Å². The van der Waals surface area contributed by atoms with Crippen LogP contribution in [0.2, 0.25) is 0 Å². The molecule has 0 aromatic heterocycles. The molecular weight excluding hydrogens is 338 g/mol. The molecule has 2 amide bonds. The number of benzene rings is 1. The van der Waals surface area contributed by atoms with Gasteiger partial charge < -0.3 is 20.3 Å². The third kappa shape index (κ3) is 6.59. The fourth-order valence-corrected chi connectivity index (χ4v) is 3.22. The summed E-state index contributed by atoms with van der Waals surface area (Å²) >= 11 is 1.67. The fraction of sp³-hybridized carbons (Fsp3) is 0.556. The molecule has 2 atom stereocenters. The second-order valence-electron chi connectivity index (χ2n) is 6.14. The smallest absolute Gasteiger partial charge is 0.258 e. The van der Waals surface area contributed by atoms with Crippen molar-refractivity contribution in [3.05, 3.63) is 30.3 Å². The minimum Gasteiger partial charge on any atom is -0.484 e. The number of ether oxygens (including phenoxy) is 1. The van der Waals surface area contributed by atoms with E-state index in [9.17, 15) is 9.59 Å². The first kappa shape index (κ1) is 19.6. The molecule has 1 fully saturated rings. The molecule has 1 aliphatic heterocycles. The molecule has 138 valence electrons. The van der Waals surface area contributed by atoms with Gasteiger partial charge >= 0.3 is 0 Å². The molecule has 2 unspecified atom stereocenters. The lowest BCUT2D eigenvalue weighted by Gasteiger charge is -2.34.